The van der Waals surface area contributed by atoms with Gasteiger partial charge in [-0.2, -0.15) is 0 Å². The number of phenolic OH excluding ortho intramolecular Hbond substituents is 1. The molecule has 1 rings (SSSR count). The fraction of sp³-hybridized carbons (Fsp3) is 0.300. The summed E-state index contributed by atoms with van der Waals surface area (Å²) in [5.41, 5.74) is 0. The zero-order valence-electron chi connectivity index (χ0n) is 8.85. The number of methoxy groups -OCH3 is 1. The molecule has 1 N–H and O–H groups in total. The molecule has 0 aromatic heterocycles. The van der Waals surface area contributed by atoms with Gasteiger partial charge in [0.15, 0.2) is 0 Å². The van der Waals surface area contributed by atoms with E-state index in [-0.39, 0.29) is 11.0 Å². The van der Waals surface area contributed by atoms with Gasteiger partial charge < -0.3 is 14.7 Å². The number of hydrogen-bond donors (Lipinski definition) is 1. The lowest BCUT2D eigenvalue weighted by Gasteiger charge is -2.10. The Bertz CT molecular complexity index is 366. The molecule has 82 valence electrons. The molecule has 0 heterocycles. The predicted octanol–water partition coefficient (Wildman–Crippen LogP) is 2.17. The van der Waals surface area contributed by atoms with Crippen molar-refractivity contribution in [2.75, 3.05) is 21.2 Å². The van der Waals surface area contributed by atoms with Gasteiger partial charge in [-0.05, 0) is 30.0 Å². The Morgan fingerprint density at radius 2 is 2.13 bits per heavy atom. The maximum absolute atomic E-state index is 11.4. The summed E-state index contributed by atoms with van der Waals surface area (Å²) in [4.78, 5) is 13.3. The van der Waals surface area contributed by atoms with Crippen LogP contribution in [0.15, 0.2) is 23.1 Å². The second-order valence-electron chi connectivity index (χ2n) is 3.10. The first kappa shape index (κ1) is 11.7. The van der Waals surface area contributed by atoms with Crippen molar-refractivity contribution in [3.05, 3.63) is 18.2 Å². The van der Waals surface area contributed by atoms with Crippen LogP contribution in [0.4, 0.5) is 4.79 Å². The maximum Gasteiger partial charge on any atom is 0.286 e. The quantitative estimate of drug-likeness (QED) is 0.787. The van der Waals surface area contributed by atoms with E-state index in [0.717, 1.165) is 11.8 Å². The Balaban J connectivity index is 2.88. The van der Waals surface area contributed by atoms with Crippen LogP contribution in [-0.2, 0) is 0 Å². The van der Waals surface area contributed by atoms with Crippen LogP contribution in [0, 0.1) is 0 Å². The molecule has 15 heavy (non-hydrogen) atoms. The minimum Gasteiger partial charge on any atom is -0.507 e. The van der Waals surface area contributed by atoms with Gasteiger partial charge in [0, 0.05) is 14.1 Å². The van der Waals surface area contributed by atoms with Gasteiger partial charge in [0.2, 0.25) is 0 Å². The lowest BCUT2D eigenvalue weighted by Crippen LogP contribution is -2.16. The van der Waals surface area contributed by atoms with Gasteiger partial charge in [-0.25, -0.2) is 0 Å². The summed E-state index contributed by atoms with van der Waals surface area (Å²) < 4.78 is 5.00. The van der Waals surface area contributed by atoms with E-state index >= 15 is 0 Å². The molecule has 0 fully saturated rings. The van der Waals surface area contributed by atoms with Crippen LogP contribution < -0.4 is 4.74 Å². The van der Waals surface area contributed by atoms with E-state index in [2.05, 4.69) is 0 Å². The topological polar surface area (TPSA) is 49.8 Å². The molecule has 0 aliphatic carbocycles. The van der Waals surface area contributed by atoms with E-state index in [9.17, 15) is 9.90 Å². The van der Waals surface area contributed by atoms with Crippen molar-refractivity contribution < 1.29 is 14.6 Å². The van der Waals surface area contributed by atoms with Crippen LogP contribution in [0.3, 0.4) is 0 Å². The van der Waals surface area contributed by atoms with Crippen molar-refractivity contribution >= 4 is 17.0 Å². The Morgan fingerprint density at radius 3 is 2.67 bits per heavy atom. The molecule has 1 amide bonds. The average Bonchev–Trinajstić information content (AvgIpc) is 2.21. The second kappa shape index (κ2) is 4.93. The van der Waals surface area contributed by atoms with Crippen molar-refractivity contribution in [2.45, 2.75) is 4.90 Å². The van der Waals surface area contributed by atoms with Crippen LogP contribution in [0.25, 0.3) is 0 Å². The summed E-state index contributed by atoms with van der Waals surface area (Å²) >= 11 is 0.965. The highest BCUT2D eigenvalue weighted by atomic mass is 32.2. The minimum atomic E-state index is -0.140. The largest absolute Gasteiger partial charge is 0.507 e. The van der Waals surface area contributed by atoms with Crippen LogP contribution in [0.1, 0.15) is 0 Å². The van der Waals surface area contributed by atoms with E-state index < -0.39 is 0 Å². The van der Waals surface area contributed by atoms with Crippen LogP contribution in [0.5, 0.6) is 11.5 Å². The molecule has 1 aromatic carbocycles. The Hall–Kier alpha value is -1.36. The molecular formula is C10H13NO3S. The van der Waals surface area contributed by atoms with E-state index in [1.807, 2.05) is 0 Å². The third kappa shape index (κ3) is 3.06. The lowest BCUT2D eigenvalue weighted by molar-refractivity contribution is 0.241. The van der Waals surface area contributed by atoms with Crippen molar-refractivity contribution in [2.24, 2.45) is 0 Å². The Labute approximate surface area is 92.8 Å². The van der Waals surface area contributed by atoms with Crippen LogP contribution >= 0.6 is 11.8 Å². The summed E-state index contributed by atoms with van der Waals surface area (Å²) in [5.74, 6) is 0.692. The van der Waals surface area contributed by atoms with Gasteiger partial charge in [-0.1, -0.05) is 0 Å². The Kier molecular flexibility index (Phi) is 3.85. The number of amides is 1. The average molecular weight is 227 g/mol. The predicted molar refractivity (Wildman–Crippen MR) is 59.6 cm³/mol. The number of phenols is 1. The van der Waals surface area contributed by atoms with E-state index in [0.29, 0.717) is 10.6 Å². The fourth-order valence-electron chi connectivity index (χ4n) is 0.889. The van der Waals surface area contributed by atoms with Gasteiger partial charge in [0.05, 0.1) is 12.0 Å². The zero-order valence-corrected chi connectivity index (χ0v) is 9.67. The number of ether oxygens (including phenoxy) is 1. The van der Waals surface area contributed by atoms with E-state index in [1.54, 1.807) is 26.2 Å². The van der Waals surface area contributed by atoms with Crippen molar-refractivity contribution in [1.29, 1.82) is 0 Å². The Morgan fingerprint density at radius 1 is 1.47 bits per heavy atom. The molecule has 0 saturated heterocycles. The standard InChI is InChI=1S/C10H13NO3S/c1-11(2)10(13)15-9-6-7(14-3)4-5-8(9)12/h4-6,12H,1-3H3. The van der Waals surface area contributed by atoms with Gasteiger partial charge in [0.1, 0.15) is 11.5 Å². The van der Waals surface area contributed by atoms with Gasteiger partial charge in [0.25, 0.3) is 5.24 Å². The van der Waals surface area contributed by atoms with Crippen molar-refractivity contribution in [1.82, 2.24) is 4.90 Å². The molecule has 0 atom stereocenters. The molecule has 4 nitrogen and oxygen atoms in total. The first-order valence-corrected chi connectivity index (χ1v) is 5.12. The smallest absolute Gasteiger partial charge is 0.286 e. The summed E-state index contributed by atoms with van der Waals surface area (Å²) in [7, 11) is 4.85. The molecule has 0 radical (unpaired) electrons. The molecule has 5 heteroatoms. The van der Waals surface area contributed by atoms with E-state index in [1.165, 1.54) is 18.1 Å². The maximum atomic E-state index is 11.4. The molecule has 0 unspecified atom stereocenters. The molecule has 1 aromatic rings. The number of hydrogen-bond acceptors (Lipinski definition) is 4. The van der Waals surface area contributed by atoms with Gasteiger partial charge in [-0.3, -0.25) is 4.79 Å². The minimum absolute atomic E-state index is 0.0796. The van der Waals surface area contributed by atoms with Gasteiger partial charge in [-0.15, -0.1) is 0 Å². The number of nitrogens with zero attached hydrogens (tertiary/aromatic N) is 1. The molecule has 0 bridgehead atoms. The zero-order chi connectivity index (χ0) is 11.4. The summed E-state index contributed by atoms with van der Waals surface area (Å²) in [6.45, 7) is 0. The third-order valence-corrected chi connectivity index (χ3v) is 2.82. The summed E-state index contributed by atoms with van der Waals surface area (Å²) in [6.07, 6.45) is 0. The first-order valence-electron chi connectivity index (χ1n) is 4.30. The first-order chi connectivity index (χ1) is 7.04. The highest BCUT2D eigenvalue weighted by molar-refractivity contribution is 8.13. The second-order valence-corrected chi connectivity index (χ2v) is 4.09. The number of thioether (sulfide) groups is 1. The van der Waals surface area contributed by atoms with E-state index in [4.69, 9.17) is 4.74 Å². The number of carbonyl (C=O) groups is 1. The SMILES string of the molecule is COc1ccc(O)c(SC(=O)N(C)C)c1. The third-order valence-electron chi connectivity index (χ3n) is 1.73. The molecular weight excluding hydrogens is 214 g/mol. The summed E-state index contributed by atoms with van der Waals surface area (Å²) in [6, 6.07) is 4.77. The number of carbonyl (C=O) groups excluding carboxylic acids is 1. The van der Waals surface area contributed by atoms with Crippen molar-refractivity contribution in [3.8, 4) is 11.5 Å². The highest BCUT2D eigenvalue weighted by Gasteiger charge is 2.11. The fourth-order valence-corrected chi connectivity index (χ4v) is 1.61. The molecule has 0 saturated carbocycles. The lowest BCUT2D eigenvalue weighted by atomic mass is 10.3. The van der Waals surface area contributed by atoms with Gasteiger partial charge >= 0.3 is 0 Å². The monoisotopic (exact) mass is 227 g/mol. The molecule has 0 aliphatic heterocycles. The van der Waals surface area contributed by atoms with Crippen LogP contribution in [-0.4, -0.2) is 36.5 Å². The summed E-state index contributed by atoms with van der Waals surface area (Å²) in [5, 5.41) is 9.37. The van der Waals surface area contributed by atoms with Crippen molar-refractivity contribution in [3.63, 3.8) is 0 Å². The number of benzene rings is 1. The van der Waals surface area contributed by atoms with Crippen LogP contribution in [0.2, 0.25) is 0 Å². The normalized spacial score (nSPS) is 9.80. The highest BCUT2D eigenvalue weighted by Crippen LogP contribution is 2.32. The number of rotatable bonds is 2. The molecule has 0 spiro atoms. The molecule has 0 aliphatic rings. The number of aromatic hydroxyl groups is 1.